The highest BCUT2D eigenvalue weighted by atomic mass is 35.5. The van der Waals surface area contributed by atoms with E-state index in [4.69, 9.17) is 5.26 Å². The third kappa shape index (κ3) is 7.64. The van der Waals surface area contributed by atoms with Gasteiger partial charge in [-0.1, -0.05) is 0 Å². The van der Waals surface area contributed by atoms with E-state index in [1.165, 1.54) is 4.90 Å². The van der Waals surface area contributed by atoms with Gasteiger partial charge in [-0.25, -0.2) is 0 Å². The van der Waals surface area contributed by atoms with Crippen molar-refractivity contribution in [2.24, 2.45) is 0 Å². The molecular weight excluding hydrogens is 174 g/mol. The molecule has 0 amide bonds. The van der Waals surface area contributed by atoms with Crippen LogP contribution in [0.15, 0.2) is 0 Å². The molecule has 0 fully saturated rings. The molecule has 1 N–H and O–H groups in total. The first-order valence-corrected chi connectivity index (χ1v) is 4.14. The standard InChI is InChI=1S/C8H17N3.ClH/c1-4-11(8-9)7-5-6-10(2)3;/h4-7H2,1-3H3;1H. The van der Waals surface area contributed by atoms with Crippen LogP contribution in [0.3, 0.4) is 0 Å². The van der Waals surface area contributed by atoms with Crippen molar-refractivity contribution in [3.8, 4) is 6.19 Å². The van der Waals surface area contributed by atoms with Gasteiger partial charge in [-0.15, -0.1) is 0 Å². The zero-order chi connectivity index (χ0) is 8.69. The fraction of sp³-hybridized carbons (Fsp3) is 0.875. The maximum atomic E-state index is 8.56. The summed E-state index contributed by atoms with van der Waals surface area (Å²) in [6.45, 7) is 4.88. The average molecular weight is 192 g/mol. The quantitative estimate of drug-likeness (QED) is 0.359. The minimum Gasteiger partial charge on any atom is -1.00 e. The molecule has 0 aromatic heterocycles. The fourth-order valence-electron chi connectivity index (χ4n) is 0.902. The van der Waals surface area contributed by atoms with Gasteiger partial charge in [0.25, 0.3) is 0 Å². The highest BCUT2D eigenvalue weighted by Crippen LogP contribution is 1.85. The van der Waals surface area contributed by atoms with Gasteiger partial charge in [0.05, 0.1) is 20.6 Å². The molecule has 0 spiro atoms. The summed E-state index contributed by atoms with van der Waals surface area (Å²) in [5.74, 6) is 0. The number of rotatable bonds is 5. The Kier molecular flexibility index (Phi) is 10.1. The van der Waals surface area contributed by atoms with E-state index in [1.807, 2.05) is 6.92 Å². The Bertz CT molecular complexity index is 131. The summed E-state index contributed by atoms with van der Waals surface area (Å²) in [5, 5.41) is 8.56. The van der Waals surface area contributed by atoms with Crippen molar-refractivity contribution < 1.29 is 17.3 Å². The first-order chi connectivity index (χ1) is 5.20. The molecule has 0 radical (unpaired) electrons. The Balaban J connectivity index is 0. The predicted octanol–water partition coefficient (Wildman–Crippen LogP) is -3.67. The minimum atomic E-state index is 0. The molecule has 0 aromatic carbocycles. The Morgan fingerprint density at radius 1 is 1.42 bits per heavy atom. The van der Waals surface area contributed by atoms with Gasteiger partial charge in [0.1, 0.15) is 0 Å². The lowest BCUT2D eigenvalue weighted by Gasteiger charge is -2.13. The second-order valence-electron chi connectivity index (χ2n) is 2.99. The highest BCUT2D eigenvalue weighted by Gasteiger charge is 1.98. The van der Waals surface area contributed by atoms with Crippen LogP contribution in [0.1, 0.15) is 13.3 Å². The summed E-state index contributed by atoms with van der Waals surface area (Å²) in [6.07, 6.45) is 3.25. The van der Waals surface area contributed by atoms with Crippen LogP contribution in [0.5, 0.6) is 0 Å². The van der Waals surface area contributed by atoms with Crippen molar-refractivity contribution in [3.05, 3.63) is 0 Å². The van der Waals surface area contributed by atoms with Crippen LogP contribution >= 0.6 is 0 Å². The molecule has 0 rings (SSSR count). The zero-order valence-corrected chi connectivity index (χ0v) is 8.86. The maximum Gasteiger partial charge on any atom is 0.179 e. The van der Waals surface area contributed by atoms with E-state index in [9.17, 15) is 0 Å². The first kappa shape index (κ1) is 14.1. The van der Waals surface area contributed by atoms with Gasteiger partial charge in [-0.3, -0.25) is 0 Å². The summed E-state index contributed by atoms with van der Waals surface area (Å²) in [5.41, 5.74) is 0. The number of quaternary nitrogens is 1. The van der Waals surface area contributed by atoms with E-state index in [-0.39, 0.29) is 12.4 Å². The summed E-state index contributed by atoms with van der Waals surface area (Å²) in [4.78, 5) is 3.22. The third-order valence-corrected chi connectivity index (χ3v) is 1.63. The van der Waals surface area contributed by atoms with E-state index >= 15 is 0 Å². The molecule has 0 saturated heterocycles. The Morgan fingerprint density at radius 3 is 2.33 bits per heavy atom. The monoisotopic (exact) mass is 191 g/mol. The molecule has 0 atom stereocenters. The lowest BCUT2D eigenvalue weighted by Crippen LogP contribution is -3.05. The minimum absolute atomic E-state index is 0. The molecule has 3 nitrogen and oxygen atoms in total. The zero-order valence-electron chi connectivity index (χ0n) is 8.10. The Labute approximate surface area is 81.4 Å². The van der Waals surface area contributed by atoms with Gasteiger partial charge < -0.3 is 22.2 Å². The average Bonchev–Trinajstić information content (AvgIpc) is 1.98. The molecule has 12 heavy (non-hydrogen) atoms. The summed E-state index contributed by atoms with van der Waals surface area (Å²) >= 11 is 0. The second-order valence-corrected chi connectivity index (χ2v) is 2.99. The smallest absolute Gasteiger partial charge is 0.179 e. The van der Waals surface area contributed by atoms with Crippen LogP contribution in [-0.2, 0) is 0 Å². The van der Waals surface area contributed by atoms with Gasteiger partial charge in [0.2, 0.25) is 0 Å². The largest absolute Gasteiger partial charge is 1.00 e. The topological polar surface area (TPSA) is 31.5 Å². The van der Waals surface area contributed by atoms with E-state index in [2.05, 4.69) is 20.3 Å². The number of nitrogens with one attached hydrogen (secondary N) is 1. The second kappa shape index (κ2) is 8.63. The lowest BCUT2D eigenvalue weighted by molar-refractivity contribution is -0.858. The normalized spacial score (nSPS) is 8.92. The molecule has 0 aliphatic carbocycles. The molecule has 0 heterocycles. The summed E-state index contributed by atoms with van der Waals surface area (Å²) < 4.78 is 0. The number of hydrogen-bond acceptors (Lipinski definition) is 2. The fourth-order valence-corrected chi connectivity index (χ4v) is 0.902. The van der Waals surface area contributed by atoms with Crippen LogP contribution in [0.25, 0.3) is 0 Å². The van der Waals surface area contributed by atoms with Gasteiger partial charge in [-0.05, 0) is 6.92 Å². The summed E-state index contributed by atoms with van der Waals surface area (Å²) in [7, 11) is 4.26. The lowest BCUT2D eigenvalue weighted by atomic mass is 10.4. The van der Waals surface area contributed by atoms with Crippen LogP contribution < -0.4 is 17.3 Å². The molecule has 0 saturated carbocycles. The van der Waals surface area contributed by atoms with Gasteiger partial charge >= 0.3 is 0 Å². The van der Waals surface area contributed by atoms with Gasteiger partial charge in [-0.2, -0.15) is 5.26 Å². The highest BCUT2D eigenvalue weighted by molar-refractivity contribution is 4.70. The Hall–Kier alpha value is -0.460. The van der Waals surface area contributed by atoms with Crippen molar-refractivity contribution in [2.75, 3.05) is 33.7 Å². The SMILES string of the molecule is CCN(C#N)CCC[NH+](C)C.[Cl-]. The third-order valence-electron chi connectivity index (χ3n) is 1.63. The van der Waals surface area contributed by atoms with Crippen molar-refractivity contribution in [1.82, 2.24) is 4.90 Å². The Morgan fingerprint density at radius 2 is 2.00 bits per heavy atom. The molecular formula is C8H18ClN3. The maximum absolute atomic E-state index is 8.56. The van der Waals surface area contributed by atoms with E-state index in [0.717, 1.165) is 26.1 Å². The van der Waals surface area contributed by atoms with E-state index in [1.54, 1.807) is 4.90 Å². The molecule has 4 heteroatoms. The molecule has 72 valence electrons. The van der Waals surface area contributed by atoms with Crippen molar-refractivity contribution >= 4 is 0 Å². The number of nitriles is 1. The van der Waals surface area contributed by atoms with Crippen molar-refractivity contribution in [3.63, 3.8) is 0 Å². The van der Waals surface area contributed by atoms with Crippen LogP contribution in [0.4, 0.5) is 0 Å². The van der Waals surface area contributed by atoms with Crippen LogP contribution in [0, 0.1) is 11.5 Å². The van der Waals surface area contributed by atoms with Gasteiger partial charge in [0, 0.05) is 19.5 Å². The predicted molar refractivity (Wildman–Crippen MR) is 45.2 cm³/mol. The summed E-state index contributed by atoms with van der Waals surface area (Å²) in [6, 6.07) is 0. The molecule has 0 unspecified atom stereocenters. The number of hydrogen-bond donors (Lipinski definition) is 1. The van der Waals surface area contributed by atoms with Crippen LogP contribution in [-0.4, -0.2) is 38.6 Å². The molecule has 0 aliphatic rings. The molecule has 0 bridgehead atoms. The molecule has 0 aliphatic heterocycles. The molecule has 0 aromatic rings. The van der Waals surface area contributed by atoms with E-state index < -0.39 is 0 Å². The van der Waals surface area contributed by atoms with Gasteiger partial charge in [0.15, 0.2) is 6.19 Å². The first-order valence-electron chi connectivity index (χ1n) is 4.14. The van der Waals surface area contributed by atoms with Crippen molar-refractivity contribution in [2.45, 2.75) is 13.3 Å². The van der Waals surface area contributed by atoms with Crippen molar-refractivity contribution in [1.29, 1.82) is 5.26 Å². The number of nitrogens with zero attached hydrogens (tertiary/aromatic N) is 2. The van der Waals surface area contributed by atoms with Crippen LogP contribution in [0.2, 0.25) is 0 Å². The van der Waals surface area contributed by atoms with E-state index in [0.29, 0.717) is 0 Å². The number of halogens is 1.